The molecule has 0 aliphatic heterocycles. The van der Waals surface area contributed by atoms with Crippen LogP contribution < -0.4 is 10.7 Å². The van der Waals surface area contributed by atoms with Gasteiger partial charge < -0.3 is 5.32 Å². The first-order valence-electron chi connectivity index (χ1n) is 10.3. The predicted octanol–water partition coefficient (Wildman–Crippen LogP) is 5.38. The van der Waals surface area contributed by atoms with Crippen molar-refractivity contribution in [2.75, 3.05) is 5.32 Å². The van der Waals surface area contributed by atoms with Crippen LogP contribution in [0.5, 0.6) is 0 Å². The van der Waals surface area contributed by atoms with Crippen molar-refractivity contribution in [1.29, 1.82) is 0 Å². The molecule has 0 radical (unpaired) electrons. The highest BCUT2D eigenvalue weighted by Gasteiger charge is 2.26. The zero-order chi connectivity index (χ0) is 21.1. The lowest BCUT2D eigenvalue weighted by molar-refractivity contribution is -0.120. The van der Waals surface area contributed by atoms with Gasteiger partial charge in [0.1, 0.15) is 11.5 Å². The second-order valence-electron chi connectivity index (χ2n) is 7.69. The minimum absolute atomic E-state index is 0.0570. The van der Waals surface area contributed by atoms with Crippen LogP contribution >= 0.6 is 11.6 Å². The third kappa shape index (κ3) is 4.03. The summed E-state index contributed by atoms with van der Waals surface area (Å²) in [4.78, 5) is 26.3. The highest BCUT2D eigenvalue weighted by atomic mass is 35.5. The third-order valence-electron chi connectivity index (χ3n) is 5.62. The highest BCUT2D eigenvalue weighted by Crippen LogP contribution is 2.33. The van der Waals surface area contributed by atoms with Crippen LogP contribution in [0.3, 0.4) is 0 Å². The molecule has 0 unspecified atom stereocenters. The number of nitrogens with zero attached hydrogens (tertiary/aromatic N) is 2. The van der Waals surface area contributed by atoms with E-state index in [1.807, 2.05) is 42.5 Å². The monoisotopic (exact) mass is 421 g/mol. The maximum Gasteiger partial charge on any atom is 0.228 e. The Morgan fingerprint density at radius 3 is 2.40 bits per heavy atom. The first-order valence-corrected chi connectivity index (χ1v) is 10.7. The smallest absolute Gasteiger partial charge is 0.228 e. The number of anilines is 1. The summed E-state index contributed by atoms with van der Waals surface area (Å²) in [6.45, 7) is 1.68. The lowest BCUT2D eigenvalue weighted by atomic mass is 9.88. The Hall–Kier alpha value is -2.92. The van der Waals surface area contributed by atoms with Gasteiger partial charge in [-0.25, -0.2) is 4.68 Å². The Labute approximate surface area is 180 Å². The molecular weight excluding hydrogens is 398 g/mol. The molecule has 1 amide bonds. The minimum Gasteiger partial charge on any atom is -0.310 e. The standard InChI is InChI=1S/C24H24ClN3O2/c1-16-22(29)21(19-14-8-9-15-20(19)25)23(26-24(30)17-10-4-2-5-11-17)28(27-16)18-12-6-3-7-13-18/h3,6-9,12-15,17H,2,4-5,10-11H2,1H3,(H,26,30). The van der Waals surface area contributed by atoms with Crippen LogP contribution in [0.2, 0.25) is 5.02 Å². The van der Waals surface area contributed by atoms with Crippen molar-refractivity contribution in [3.8, 4) is 16.8 Å². The molecule has 1 aromatic heterocycles. The van der Waals surface area contributed by atoms with E-state index in [0.29, 0.717) is 27.7 Å². The van der Waals surface area contributed by atoms with Crippen molar-refractivity contribution in [3.63, 3.8) is 0 Å². The van der Waals surface area contributed by atoms with Crippen LogP contribution in [-0.2, 0) is 4.79 Å². The summed E-state index contributed by atoms with van der Waals surface area (Å²) in [6, 6.07) is 16.7. The van der Waals surface area contributed by atoms with Gasteiger partial charge in [-0.2, -0.15) is 5.10 Å². The van der Waals surface area contributed by atoms with Crippen LogP contribution in [0.25, 0.3) is 16.8 Å². The lowest BCUT2D eigenvalue weighted by Crippen LogP contribution is -2.29. The molecule has 1 heterocycles. The molecule has 0 atom stereocenters. The van der Waals surface area contributed by atoms with Crippen molar-refractivity contribution in [2.24, 2.45) is 5.92 Å². The number of aromatic nitrogens is 2. The zero-order valence-corrected chi connectivity index (χ0v) is 17.7. The van der Waals surface area contributed by atoms with Crippen molar-refractivity contribution < 1.29 is 4.79 Å². The van der Waals surface area contributed by atoms with E-state index in [4.69, 9.17) is 11.6 Å². The maximum atomic E-state index is 13.2. The molecule has 6 heteroatoms. The van der Waals surface area contributed by atoms with Crippen LogP contribution in [0, 0.1) is 12.8 Å². The van der Waals surface area contributed by atoms with Gasteiger partial charge in [-0.15, -0.1) is 0 Å². The molecule has 1 saturated carbocycles. The van der Waals surface area contributed by atoms with Gasteiger partial charge in [0.2, 0.25) is 11.3 Å². The number of amides is 1. The second kappa shape index (κ2) is 8.84. The van der Waals surface area contributed by atoms with Crippen molar-refractivity contribution in [2.45, 2.75) is 39.0 Å². The van der Waals surface area contributed by atoms with Gasteiger partial charge in [0.15, 0.2) is 0 Å². The van der Waals surface area contributed by atoms with Crippen LogP contribution in [0.4, 0.5) is 5.82 Å². The SMILES string of the molecule is Cc1nn(-c2ccccc2)c(NC(=O)C2CCCCC2)c(-c2ccccc2Cl)c1=O. The fourth-order valence-electron chi connectivity index (χ4n) is 4.01. The van der Waals surface area contributed by atoms with E-state index in [1.165, 1.54) is 0 Å². The molecule has 0 saturated heterocycles. The van der Waals surface area contributed by atoms with Gasteiger partial charge in [0, 0.05) is 16.5 Å². The van der Waals surface area contributed by atoms with Crippen LogP contribution in [-0.4, -0.2) is 15.7 Å². The van der Waals surface area contributed by atoms with Gasteiger partial charge in [0.25, 0.3) is 0 Å². The molecule has 1 fully saturated rings. The molecule has 3 aromatic rings. The molecule has 154 valence electrons. The van der Waals surface area contributed by atoms with E-state index in [1.54, 1.807) is 23.7 Å². The number of halogens is 1. The molecule has 0 spiro atoms. The molecule has 1 N–H and O–H groups in total. The van der Waals surface area contributed by atoms with Crippen molar-refractivity contribution in [3.05, 3.63) is 75.5 Å². The van der Waals surface area contributed by atoms with Crippen LogP contribution in [0.1, 0.15) is 37.8 Å². The number of benzene rings is 2. The topological polar surface area (TPSA) is 64.0 Å². The van der Waals surface area contributed by atoms with E-state index in [-0.39, 0.29) is 17.3 Å². The summed E-state index contributed by atoms with van der Waals surface area (Å²) in [5, 5.41) is 8.00. The number of para-hydroxylation sites is 1. The Morgan fingerprint density at radius 2 is 1.70 bits per heavy atom. The summed E-state index contributed by atoms with van der Waals surface area (Å²) in [5.41, 5.74) is 1.80. The number of hydrogen-bond donors (Lipinski definition) is 1. The summed E-state index contributed by atoms with van der Waals surface area (Å²) < 4.78 is 1.64. The summed E-state index contributed by atoms with van der Waals surface area (Å²) in [6.07, 6.45) is 4.99. The summed E-state index contributed by atoms with van der Waals surface area (Å²) in [5.74, 6) is 0.233. The lowest BCUT2D eigenvalue weighted by Gasteiger charge is -2.23. The van der Waals surface area contributed by atoms with Crippen LogP contribution in [0.15, 0.2) is 59.4 Å². The maximum absolute atomic E-state index is 13.2. The number of rotatable bonds is 4. The fourth-order valence-corrected chi connectivity index (χ4v) is 4.24. The summed E-state index contributed by atoms with van der Waals surface area (Å²) >= 11 is 6.46. The molecule has 1 aliphatic rings. The van der Waals surface area contributed by atoms with Crippen molar-refractivity contribution in [1.82, 2.24) is 9.78 Å². The number of hydrogen-bond acceptors (Lipinski definition) is 3. The number of aryl methyl sites for hydroxylation is 1. The molecule has 4 rings (SSSR count). The van der Waals surface area contributed by atoms with Gasteiger partial charge in [0.05, 0.1) is 11.3 Å². The fraction of sp³-hybridized carbons (Fsp3) is 0.292. The Bertz CT molecular complexity index is 1120. The molecular formula is C24H24ClN3O2. The van der Waals surface area contributed by atoms with E-state index in [0.717, 1.165) is 37.8 Å². The van der Waals surface area contributed by atoms with Gasteiger partial charge >= 0.3 is 0 Å². The molecule has 30 heavy (non-hydrogen) atoms. The van der Waals surface area contributed by atoms with Gasteiger partial charge in [-0.05, 0) is 38.0 Å². The number of carbonyl (C=O) groups excluding carboxylic acids is 1. The number of nitrogens with one attached hydrogen (secondary N) is 1. The average molecular weight is 422 g/mol. The highest BCUT2D eigenvalue weighted by molar-refractivity contribution is 6.33. The third-order valence-corrected chi connectivity index (χ3v) is 5.95. The first-order chi connectivity index (χ1) is 14.6. The Morgan fingerprint density at radius 1 is 1.03 bits per heavy atom. The first kappa shape index (κ1) is 20.4. The van der Waals surface area contributed by atoms with Gasteiger partial charge in [-0.1, -0.05) is 67.3 Å². The molecule has 2 aromatic carbocycles. The Balaban J connectivity index is 1.92. The average Bonchev–Trinajstić information content (AvgIpc) is 2.78. The largest absolute Gasteiger partial charge is 0.310 e. The van der Waals surface area contributed by atoms with E-state index >= 15 is 0 Å². The van der Waals surface area contributed by atoms with E-state index < -0.39 is 0 Å². The Kier molecular flexibility index (Phi) is 6.00. The zero-order valence-electron chi connectivity index (χ0n) is 16.9. The minimum atomic E-state index is -0.241. The number of carbonyl (C=O) groups is 1. The van der Waals surface area contributed by atoms with E-state index in [2.05, 4.69) is 10.4 Å². The second-order valence-corrected chi connectivity index (χ2v) is 8.10. The molecule has 5 nitrogen and oxygen atoms in total. The molecule has 1 aliphatic carbocycles. The quantitative estimate of drug-likeness (QED) is 0.615. The normalized spacial score (nSPS) is 14.5. The van der Waals surface area contributed by atoms with Crippen molar-refractivity contribution >= 4 is 23.3 Å². The van der Waals surface area contributed by atoms with Gasteiger partial charge in [-0.3, -0.25) is 9.59 Å². The molecule has 0 bridgehead atoms. The van der Waals surface area contributed by atoms with E-state index in [9.17, 15) is 9.59 Å². The summed E-state index contributed by atoms with van der Waals surface area (Å²) in [7, 11) is 0. The predicted molar refractivity (Wildman–Crippen MR) is 120 cm³/mol.